The van der Waals surface area contributed by atoms with Gasteiger partial charge in [-0.25, -0.2) is 4.39 Å². The molecule has 2 N–H and O–H groups in total. The monoisotopic (exact) mass is 361 g/mol. The molecule has 0 bridgehead atoms. The van der Waals surface area contributed by atoms with E-state index in [2.05, 4.69) is 15.9 Å². The summed E-state index contributed by atoms with van der Waals surface area (Å²) in [5.41, 5.74) is 6.49. The summed E-state index contributed by atoms with van der Waals surface area (Å²) in [6.07, 6.45) is 0. The minimum Gasteiger partial charge on any atom is -0.399 e. The zero-order chi connectivity index (χ0) is 14.0. The molecule has 0 spiro atoms. The van der Waals surface area contributed by atoms with Crippen LogP contribution in [0.15, 0.2) is 45.8 Å². The lowest BCUT2D eigenvalue weighted by Gasteiger charge is -2.07. The van der Waals surface area contributed by atoms with Crippen molar-refractivity contribution in [1.82, 2.24) is 0 Å². The van der Waals surface area contributed by atoms with Crippen molar-refractivity contribution < 1.29 is 8.60 Å². The summed E-state index contributed by atoms with van der Waals surface area (Å²) in [5.74, 6) is -0.342. The van der Waals surface area contributed by atoms with E-state index in [1.807, 2.05) is 0 Å². The molecular weight excluding hydrogens is 353 g/mol. The first-order chi connectivity index (χ1) is 8.97. The zero-order valence-electron chi connectivity index (χ0n) is 9.70. The van der Waals surface area contributed by atoms with Crippen LogP contribution in [0.3, 0.4) is 0 Å². The molecule has 2 rings (SSSR count). The van der Waals surface area contributed by atoms with Crippen LogP contribution >= 0.6 is 27.5 Å². The fourth-order valence-electron chi connectivity index (χ4n) is 1.55. The van der Waals surface area contributed by atoms with Gasteiger partial charge in [-0.2, -0.15) is 0 Å². The molecule has 1 atom stereocenters. The lowest BCUT2D eigenvalue weighted by atomic mass is 10.2. The zero-order valence-corrected chi connectivity index (χ0v) is 12.9. The van der Waals surface area contributed by atoms with Crippen molar-refractivity contribution in [2.75, 3.05) is 5.73 Å². The molecule has 2 aromatic rings. The highest BCUT2D eigenvalue weighted by molar-refractivity contribution is 9.10. The van der Waals surface area contributed by atoms with Crippen molar-refractivity contribution in [2.24, 2.45) is 0 Å². The Morgan fingerprint density at radius 3 is 2.68 bits per heavy atom. The van der Waals surface area contributed by atoms with Gasteiger partial charge in [0.2, 0.25) is 0 Å². The average Bonchev–Trinajstić information content (AvgIpc) is 2.35. The van der Waals surface area contributed by atoms with Gasteiger partial charge in [-0.15, -0.1) is 0 Å². The maximum absolute atomic E-state index is 13.7. The van der Waals surface area contributed by atoms with E-state index >= 15 is 0 Å². The first-order valence-corrected chi connectivity index (χ1v) is 7.83. The van der Waals surface area contributed by atoms with E-state index in [1.165, 1.54) is 6.07 Å². The largest absolute Gasteiger partial charge is 0.399 e. The van der Waals surface area contributed by atoms with Crippen molar-refractivity contribution in [3.05, 3.63) is 57.3 Å². The minimum absolute atomic E-state index is 0.0578. The molecule has 2 aromatic carbocycles. The second kappa shape index (κ2) is 6.03. The summed E-state index contributed by atoms with van der Waals surface area (Å²) in [6, 6.07) is 9.40. The molecule has 0 amide bonds. The highest BCUT2D eigenvalue weighted by Crippen LogP contribution is 2.25. The smallest absolute Gasteiger partial charge is 0.128 e. The first-order valence-electron chi connectivity index (χ1n) is 5.34. The number of hydrogen-bond acceptors (Lipinski definition) is 2. The van der Waals surface area contributed by atoms with Gasteiger partial charge in [-0.3, -0.25) is 4.21 Å². The number of rotatable bonds is 3. The van der Waals surface area contributed by atoms with Crippen molar-refractivity contribution in [2.45, 2.75) is 10.6 Å². The van der Waals surface area contributed by atoms with E-state index in [-0.39, 0.29) is 5.75 Å². The number of benzene rings is 2. The molecular formula is C13H10BrClFNOS. The SMILES string of the molecule is Nc1ccc(Cl)c(S(=O)Cc2ccc(Br)cc2F)c1. The van der Waals surface area contributed by atoms with E-state index in [1.54, 1.807) is 30.3 Å². The van der Waals surface area contributed by atoms with Crippen LogP contribution in [0, 0.1) is 5.82 Å². The van der Waals surface area contributed by atoms with Gasteiger partial charge in [0.1, 0.15) is 5.82 Å². The number of halogens is 3. The van der Waals surface area contributed by atoms with Crippen LogP contribution in [-0.2, 0) is 16.6 Å². The molecule has 0 heterocycles. The fraction of sp³-hybridized carbons (Fsp3) is 0.0769. The van der Waals surface area contributed by atoms with Crippen LogP contribution in [0.2, 0.25) is 5.02 Å². The summed E-state index contributed by atoms with van der Waals surface area (Å²) in [7, 11) is -1.44. The third kappa shape index (κ3) is 3.55. The van der Waals surface area contributed by atoms with Gasteiger partial charge < -0.3 is 5.73 Å². The normalized spacial score (nSPS) is 12.4. The number of nitrogen functional groups attached to an aromatic ring is 1. The standard InChI is InChI=1S/C13H10BrClFNOS/c14-9-2-1-8(12(16)5-9)7-19(18)13-6-10(17)3-4-11(13)15/h1-6H,7,17H2. The minimum atomic E-state index is -1.44. The molecule has 0 aliphatic carbocycles. The van der Waals surface area contributed by atoms with Crippen LogP contribution in [0.5, 0.6) is 0 Å². The second-order valence-electron chi connectivity index (χ2n) is 3.92. The highest BCUT2D eigenvalue weighted by atomic mass is 79.9. The number of anilines is 1. The van der Waals surface area contributed by atoms with E-state index in [0.29, 0.717) is 25.6 Å². The molecule has 0 saturated heterocycles. The Morgan fingerprint density at radius 1 is 1.26 bits per heavy atom. The Kier molecular flexibility index (Phi) is 4.60. The summed E-state index contributed by atoms with van der Waals surface area (Å²) >= 11 is 9.15. The van der Waals surface area contributed by atoms with Gasteiger partial charge in [0, 0.05) is 15.7 Å². The Morgan fingerprint density at radius 2 is 2.00 bits per heavy atom. The molecule has 6 heteroatoms. The first kappa shape index (κ1) is 14.5. The average molecular weight is 363 g/mol. The molecule has 0 aliphatic heterocycles. The second-order valence-corrected chi connectivity index (χ2v) is 6.66. The molecule has 0 aromatic heterocycles. The Labute approximate surface area is 126 Å². The van der Waals surface area contributed by atoms with Gasteiger partial charge in [0.25, 0.3) is 0 Å². The van der Waals surface area contributed by atoms with E-state index in [0.717, 1.165) is 0 Å². The molecule has 0 aliphatic rings. The van der Waals surface area contributed by atoms with E-state index in [9.17, 15) is 8.60 Å². The molecule has 0 radical (unpaired) electrons. The highest BCUT2D eigenvalue weighted by Gasteiger charge is 2.12. The van der Waals surface area contributed by atoms with Crippen molar-refractivity contribution in [1.29, 1.82) is 0 Å². The fourth-order valence-corrected chi connectivity index (χ4v) is 3.49. The predicted molar refractivity (Wildman–Crippen MR) is 80.1 cm³/mol. The van der Waals surface area contributed by atoms with E-state index in [4.69, 9.17) is 17.3 Å². The lowest BCUT2D eigenvalue weighted by molar-refractivity contribution is 0.614. The topological polar surface area (TPSA) is 43.1 Å². The van der Waals surface area contributed by atoms with Crippen LogP contribution < -0.4 is 5.73 Å². The molecule has 2 nitrogen and oxygen atoms in total. The molecule has 0 saturated carbocycles. The number of nitrogens with two attached hydrogens (primary N) is 1. The molecule has 19 heavy (non-hydrogen) atoms. The summed E-state index contributed by atoms with van der Waals surface area (Å²) < 4.78 is 26.5. The van der Waals surface area contributed by atoms with Crippen molar-refractivity contribution >= 4 is 44.0 Å². The lowest BCUT2D eigenvalue weighted by Crippen LogP contribution is -2.00. The third-order valence-electron chi connectivity index (χ3n) is 2.50. The molecule has 0 fully saturated rings. The van der Waals surface area contributed by atoms with Crippen molar-refractivity contribution in [3.8, 4) is 0 Å². The van der Waals surface area contributed by atoms with Crippen molar-refractivity contribution in [3.63, 3.8) is 0 Å². The number of hydrogen-bond donors (Lipinski definition) is 1. The van der Waals surface area contributed by atoms with Gasteiger partial charge in [0.15, 0.2) is 0 Å². The van der Waals surface area contributed by atoms with Gasteiger partial charge in [-0.05, 0) is 30.3 Å². The van der Waals surface area contributed by atoms with Crippen LogP contribution in [-0.4, -0.2) is 4.21 Å². The van der Waals surface area contributed by atoms with Crippen LogP contribution in [0.25, 0.3) is 0 Å². The van der Waals surface area contributed by atoms with Gasteiger partial charge >= 0.3 is 0 Å². The maximum atomic E-state index is 13.7. The summed E-state index contributed by atoms with van der Waals surface area (Å²) in [5, 5.41) is 0.366. The van der Waals surface area contributed by atoms with E-state index < -0.39 is 16.6 Å². The van der Waals surface area contributed by atoms with Gasteiger partial charge in [0.05, 0.1) is 26.5 Å². The van der Waals surface area contributed by atoms with Crippen LogP contribution in [0.1, 0.15) is 5.56 Å². The Bertz CT molecular complexity index is 651. The maximum Gasteiger partial charge on any atom is 0.128 e. The predicted octanol–water partition coefficient (Wildman–Crippen LogP) is 4.13. The molecule has 1 unspecified atom stereocenters. The van der Waals surface area contributed by atoms with Gasteiger partial charge in [-0.1, -0.05) is 33.6 Å². The third-order valence-corrected chi connectivity index (χ3v) is 4.84. The Balaban J connectivity index is 2.28. The molecule has 100 valence electrons. The van der Waals surface area contributed by atoms with Crippen LogP contribution in [0.4, 0.5) is 10.1 Å². The summed E-state index contributed by atoms with van der Waals surface area (Å²) in [6.45, 7) is 0. The Hall–Kier alpha value is -0.910. The summed E-state index contributed by atoms with van der Waals surface area (Å²) in [4.78, 5) is 0.420. The quantitative estimate of drug-likeness (QED) is 0.834.